The monoisotopic (exact) mass is 333 g/mol. The molecule has 0 amide bonds. The molecule has 6 heteroatoms. The van der Waals surface area contributed by atoms with Gasteiger partial charge in [-0.2, -0.15) is 0 Å². The van der Waals surface area contributed by atoms with Gasteiger partial charge in [-0.1, -0.05) is 27.2 Å². The summed E-state index contributed by atoms with van der Waals surface area (Å²) in [7, 11) is -3.32. The van der Waals surface area contributed by atoms with Gasteiger partial charge in [0, 0.05) is 6.54 Å². The van der Waals surface area contributed by atoms with Crippen LogP contribution in [0.25, 0.3) is 0 Å². The minimum Gasteiger partial charge on any atom is -0.458 e. The second-order valence-corrected chi connectivity index (χ2v) is 9.01. The van der Waals surface area contributed by atoms with Gasteiger partial charge in [0.05, 0.1) is 11.7 Å². The topological polar surface area (TPSA) is 72.5 Å². The number of carbonyl (C=O) groups is 1. The summed E-state index contributed by atoms with van der Waals surface area (Å²) in [5.74, 6) is -0.0255. The zero-order valence-electron chi connectivity index (χ0n) is 14.6. The predicted molar refractivity (Wildman–Crippen MR) is 88.0 cm³/mol. The third kappa shape index (κ3) is 4.95. The molecule has 0 heterocycles. The quantitative estimate of drug-likeness (QED) is 0.727. The lowest BCUT2D eigenvalue weighted by Gasteiger charge is -2.42. The average Bonchev–Trinajstić information content (AvgIpc) is 2.44. The van der Waals surface area contributed by atoms with Gasteiger partial charge >= 0.3 is 5.97 Å². The minimum absolute atomic E-state index is 0.0787. The van der Waals surface area contributed by atoms with Crippen molar-refractivity contribution >= 4 is 16.0 Å². The third-order valence-electron chi connectivity index (χ3n) is 5.05. The third-order valence-corrected chi connectivity index (χ3v) is 5.71. The summed E-state index contributed by atoms with van der Waals surface area (Å²) in [4.78, 5) is 12.7. The van der Waals surface area contributed by atoms with Crippen molar-refractivity contribution < 1.29 is 17.9 Å². The fourth-order valence-corrected chi connectivity index (χ4v) is 3.47. The van der Waals surface area contributed by atoms with Crippen LogP contribution in [0, 0.1) is 11.3 Å². The summed E-state index contributed by atoms with van der Waals surface area (Å²) in [6.45, 7) is 7.92. The number of nitrogens with one attached hydrogen (secondary N) is 1. The number of esters is 1. The Balaban J connectivity index is 2.86. The first-order chi connectivity index (χ1) is 10.0. The van der Waals surface area contributed by atoms with Crippen LogP contribution in [-0.2, 0) is 19.6 Å². The molecule has 1 fully saturated rings. The number of ether oxygens (including phenoxy) is 1. The van der Waals surface area contributed by atoms with Crippen LogP contribution >= 0.6 is 0 Å². The van der Waals surface area contributed by atoms with Crippen molar-refractivity contribution in [3.05, 3.63) is 0 Å². The molecular formula is C16H31NO4S. The Morgan fingerprint density at radius 1 is 1.27 bits per heavy atom. The summed E-state index contributed by atoms with van der Waals surface area (Å²) in [5, 5.41) is 0. The maximum atomic E-state index is 12.7. The van der Waals surface area contributed by atoms with Crippen molar-refractivity contribution in [1.29, 1.82) is 0 Å². The van der Waals surface area contributed by atoms with Crippen LogP contribution in [0.3, 0.4) is 0 Å². The Morgan fingerprint density at radius 2 is 1.82 bits per heavy atom. The molecule has 1 unspecified atom stereocenters. The maximum Gasteiger partial charge on any atom is 0.313 e. The van der Waals surface area contributed by atoms with Crippen LogP contribution in [0.1, 0.15) is 66.2 Å². The lowest BCUT2D eigenvalue weighted by Crippen LogP contribution is -2.48. The van der Waals surface area contributed by atoms with Crippen LogP contribution < -0.4 is 4.72 Å². The van der Waals surface area contributed by atoms with Gasteiger partial charge in [0.2, 0.25) is 10.0 Å². The number of sulfonamides is 1. The van der Waals surface area contributed by atoms with Gasteiger partial charge in [0.15, 0.2) is 0 Å². The summed E-state index contributed by atoms with van der Waals surface area (Å²) in [6.07, 6.45) is 6.78. The summed E-state index contributed by atoms with van der Waals surface area (Å²) in [6, 6.07) is 0. The Morgan fingerprint density at radius 3 is 2.23 bits per heavy atom. The van der Waals surface area contributed by atoms with E-state index in [1.54, 1.807) is 6.92 Å². The molecule has 130 valence electrons. The van der Waals surface area contributed by atoms with E-state index in [1.807, 2.05) is 6.92 Å². The first-order valence-corrected chi connectivity index (χ1v) is 10.1. The summed E-state index contributed by atoms with van der Waals surface area (Å²) in [5.41, 5.74) is -1.22. The molecule has 0 aromatic carbocycles. The molecule has 5 nitrogen and oxygen atoms in total. The molecule has 0 aliphatic heterocycles. The van der Waals surface area contributed by atoms with Crippen molar-refractivity contribution in [3.63, 3.8) is 0 Å². The zero-order chi connectivity index (χ0) is 17.0. The molecule has 0 spiro atoms. The number of carbonyl (C=O) groups excluding carboxylic acids is 1. The Kier molecular flexibility index (Phi) is 6.45. The lowest BCUT2D eigenvalue weighted by molar-refractivity contribution is -0.181. The van der Waals surface area contributed by atoms with Gasteiger partial charge in [-0.05, 0) is 44.9 Å². The normalized spacial score (nSPS) is 21.4. The Bertz CT molecular complexity index is 480. The van der Waals surface area contributed by atoms with Gasteiger partial charge in [-0.15, -0.1) is 0 Å². The van der Waals surface area contributed by atoms with E-state index in [4.69, 9.17) is 4.74 Å². The zero-order valence-corrected chi connectivity index (χ0v) is 15.4. The molecule has 0 bridgehead atoms. The molecule has 0 radical (unpaired) electrons. The van der Waals surface area contributed by atoms with E-state index in [2.05, 4.69) is 18.6 Å². The van der Waals surface area contributed by atoms with E-state index in [1.165, 1.54) is 6.42 Å². The molecule has 1 rings (SSSR count). The largest absolute Gasteiger partial charge is 0.458 e. The van der Waals surface area contributed by atoms with E-state index < -0.39 is 21.0 Å². The maximum absolute atomic E-state index is 12.7. The summed E-state index contributed by atoms with van der Waals surface area (Å²) >= 11 is 0. The van der Waals surface area contributed by atoms with E-state index in [9.17, 15) is 13.2 Å². The number of hydrogen-bond donors (Lipinski definition) is 1. The molecule has 0 aromatic heterocycles. The highest BCUT2D eigenvalue weighted by Crippen LogP contribution is 2.39. The van der Waals surface area contributed by atoms with Crippen molar-refractivity contribution in [2.75, 3.05) is 12.8 Å². The molecule has 1 N–H and O–H groups in total. The van der Waals surface area contributed by atoms with Gasteiger partial charge < -0.3 is 4.74 Å². The highest BCUT2D eigenvalue weighted by molar-refractivity contribution is 7.88. The molecule has 0 aromatic rings. The molecule has 1 saturated carbocycles. The van der Waals surface area contributed by atoms with Crippen molar-refractivity contribution in [1.82, 2.24) is 4.72 Å². The fourth-order valence-electron chi connectivity index (χ4n) is 2.89. The highest BCUT2D eigenvalue weighted by atomic mass is 32.2. The van der Waals surface area contributed by atoms with Crippen LogP contribution in [0.15, 0.2) is 0 Å². The second kappa shape index (κ2) is 7.30. The predicted octanol–water partition coefficient (Wildman–Crippen LogP) is 2.85. The van der Waals surface area contributed by atoms with Crippen LogP contribution in [0.4, 0.5) is 0 Å². The van der Waals surface area contributed by atoms with E-state index in [0.29, 0.717) is 6.42 Å². The molecule has 0 saturated heterocycles. The van der Waals surface area contributed by atoms with Crippen LogP contribution in [-0.4, -0.2) is 32.8 Å². The molecular weight excluding hydrogens is 302 g/mol. The molecule has 1 aliphatic rings. The first-order valence-electron chi connectivity index (χ1n) is 8.23. The average molecular weight is 333 g/mol. The van der Waals surface area contributed by atoms with Crippen LogP contribution in [0.2, 0.25) is 0 Å². The van der Waals surface area contributed by atoms with Crippen molar-refractivity contribution in [3.8, 4) is 0 Å². The van der Waals surface area contributed by atoms with E-state index >= 15 is 0 Å². The van der Waals surface area contributed by atoms with Crippen LogP contribution in [0.5, 0.6) is 0 Å². The lowest BCUT2D eigenvalue weighted by atomic mass is 9.76. The summed E-state index contributed by atoms with van der Waals surface area (Å²) < 4.78 is 31.1. The second-order valence-electron chi connectivity index (χ2n) is 7.18. The van der Waals surface area contributed by atoms with Crippen molar-refractivity contribution in [2.45, 2.75) is 71.8 Å². The van der Waals surface area contributed by atoms with Gasteiger partial charge in [0.25, 0.3) is 0 Å². The molecule has 1 atom stereocenters. The Labute approximate surface area is 135 Å². The fraction of sp³-hybridized carbons (Fsp3) is 0.938. The standard InChI is InChI=1S/C16H31NO4S/c1-6-15(4,12-17-22(5,19)20)14(18)21-16(13(2)3)10-8-7-9-11-16/h13,17H,6-12H2,1-5H3. The van der Waals surface area contributed by atoms with Gasteiger partial charge in [-0.25, -0.2) is 13.1 Å². The number of hydrogen-bond acceptors (Lipinski definition) is 4. The van der Waals surface area contributed by atoms with E-state index in [0.717, 1.165) is 31.9 Å². The van der Waals surface area contributed by atoms with Crippen molar-refractivity contribution in [2.24, 2.45) is 11.3 Å². The molecule has 1 aliphatic carbocycles. The smallest absolute Gasteiger partial charge is 0.313 e. The van der Waals surface area contributed by atoms with Gasteiger partial charge in [-0.3, -0.25) is 4.79 Å². The number of rotatable bonds is 7. The molecule has 22 heavy (non-hydrogen) atoms. The van der Waals surface area contributed by atoms with Gasteiger partial charge in [0.1, 0.15) is 5.60 Å². The highest BCUT2D eigenvalue weighted by Gasteiger charge is 2.43. The Hall–Kier alpha value is -0.620. The SMILES string of the molecule is CCC(C)(CNS(C)(=O)=O)C(=O)OC1(C(C)C)CCCCC1. The minimum atomic E-state index is -3.32. The van der Waals surface area contributed by atoms with E-state index in [-0.39, 0.29) is 18.4 Å². The first kappa shape index (κ1) is 19.4.